The van der Waals surface area contributed by atoms with Gasteiger partial charge < -0.3 is 4.74 Å². The highest BCUT2D eigenvalue weighted by Gasteiger charge is 2.20. The summed E-state index contributed by atoms with van der Waals surface area (Å²) in [5, 5.41) is 0.488. The number of aromatic nitrogens is 2. The number of nitrogens with zero attached hydrogens (tertiary/aromatic N) is 2. The van der Waals surface area contributed by atoms with Crippen molar-refractivity contribution in [3.8, 4) is 11.3 Å². The van der Waals surface area contributed by atoms with Gasteiger partial charge in [0.1, 0.15) is 5.15 Å². The van der Waals surface area contributed by atoms with Crippen LogP contribution >= 0.6 is 11.6 Å². The van der Waals surface area contributed by atoms with E-state index in [1.54, 1.807) is 19.4 Å². The summed E-state index contributed by atoms with van der Waals surface area (Å²) in [5.41, 5.74) is 4.16. The zero-order valence-electron chi connectivity index (χ0n) is 12.3. The van der Waals surface area contributed by atoms with Gasteiger partial charge in [-0.3, -0.25) is 4.98 Å². The normalized spacial score (nSPS) is 11.7. The Morgan fingerprint density at radius 3 is 2.45 bits per heavy atom. The number of halogens is 1. The van der Waals surface area contributed by atoms with Gasteiger partial charge in [0.2, 0.25) is 0 Å². The van der Waals surface area contributed by atoms with Gasteiger partial charge in [-0.25, -0.2) is 4.98 Å². The molecule has 106 valence electrons. The van der Waals surface area contributed by atoms with Gasteiger partial charge in [0.05, 0.1) is 12.3 Å². The molecular formula is C16H19ClN2O. The number of ether oxygens (including phenoxy) is 1. The van der Waals surface area contributed by atoms with Crippen LogP contribution in [-0.2, 0) is 16.8 Å². The van der Waals surface area contributed by atoms with Crippen molar-refractivity contribution in [2.24, 2.45) is 0 Å². The van der Waals surface area contributed by atoms with Gasteiger partial charge >= 0.3 is 0 Å². The molecule has 20 heavy (non-hydrogen) atoms. The Bertz CT molecular complexity index is 588. The smallest absolute Gasteiger partial charge is 0.129 e. The van der Waals surface area contributed by atoms with Gasteiger partial charge in [-0.2, -0.15) is 0 Å². The minimum Gasteiger partial charge on any atom is -0.380 e. The molecule has 0 radical (unpaired) electrons. The van der Waals surface area contributed by atoms with E-state index in [1.807, 2.05) is 12.3 Å². The largest absolute Gasteiger partial charge is 0.380 e. The third kappa shape index (κ3) is 3.35. The third-order valence-electron chi connectivity index (χ3n) is 3.06. The molecule has 0 aliphatic rings. The molecule has 0 amide bonds. The van der Waals surface area contributed by atoms with Crippen molar-refractivity contribution in [3.63, 3.8) is 0 Å². The van der Waals surface area contributed by atoms with Crippen molar-refractivity contribution in [2.45, 2.75) is 32.8 Å². The molecule has 0 saturated heterocycles. The lowest BCUT2D eigenvalue weighted by Crippen LogP contribution is -2.14. The fourth-order valence-electron chi connectivity index (χ4n) is 2.07. The van der Waals surface area contributed by atoms with Crippen molar-refractivity contribution in [2.75, 3.05) is 7.11 Å². The van der Waals surface area contributed by atoms with Gasteiger partial charge in [-0.1, -0.05) is 32.4 Å². The maximum Gasteiger partial charge on any atom is 0.129 e. The van der Waals surface area contributed by atoms with Crippen LogP contribution in [0.4, 0.5) is 0 Å². The first kappa shape index (κ1) is 14.9. The van der Waals surface area contributed by atoms with Crippen LogP contribution in [0.25, 0.3) is 11.3 Å². The standard InChI is InChI=1S/C16H19ClN2O/c1-16(2,3)13-7-11(10-20-4)8-19-15(13)12-5-6-14(17)18-9-12/h5-9H,10H2,1-4H3. The van der Waals surface area contributed by atoms with Crippen molar-refractivity contribution in [3.05, 3.63) is 46.9 Å². The SMILES string of the molecule is COCc1cnc(-c2ccc(Cl)nc2)c(C(C)(C)C)c1. The Morgan fingerprint density at radius 2 is 1.90 bits per heavy atom. The fraction of sp³-hybridized carbons (Fsp3) is 0.375. The summed E-state index contributed by atoms with van der Waals surface area (Å²) in [6.45, 7) is 7.09. The van der Waals surface area contributed by atoms with Crippen LogP contribution in [-0.4, -0.2) is 17.1 Å². The minimum absolute atomic E-state index is 0.00821. The number of methoxy groups -OCH3 is 1. The Labute approximate surface area is 125 Å². The Kier molecular flexibility index (Phi) is 4.41. The highest BCUT2D eigenvalue weighted by molar-refractivity contribution is 6.29. The lowest BCUT2D eigenvalue weighted by atomic mass is 9.84. The number of hydrogen-bond donors (Lipinski definition) is 0. The minimum atomic E-state index is -0.00821. The summed E-state index contributed by atoms with van der Waals surface area (Å²) >= 11 is 5.85. The molecule has 2 heterocycles. The zero-order valence-corrected chi connectivity index (χ0v) is 13.0. The van der Waals surface area contributed by atoms with Crippen LogP contribution in [0.1, 0.15) is 31.9 Å². The van der Waals surface area contributed by atoms with E-state index in [2.05, 4.69) is 36.8 Å². The summed E-state index contributed by atoms with van der Waals surface area (Å²) in [6, 6.07) is 5.89. The summed E-state index contributed by atoms with van der Waals surface area (Å²) in [4.78, 5) is 8.74. The molecule has 2 rings (SSSR count). The highest BCUT2D eigenvalue weighted by Crippen LogP contribution is 2.32. The topological polar surface area (TPSA) is 35.0 Å². The molecule has 2 aromatic rings. The lowest BCUT2D eigenvalue weighted by molar-refractivity contribution is 0.184. The average molecular weight is 291 g/mol. The monoisotopic (exact) mass is 290 g/mol. The molecule has 0 atom stereocenters. The molecule has 2 aromatic heterocycles. The van der Waals surface area contributed by atoms with Gasteiger partial charge in [-0.15, -0.1) is 0 Å². The summed E-state index contributed by atoms with van der Waals surface area (Å²) in [7, 11) is 1.69. The van der Waals surface area contributed by atoms with E-state index >= 15 is 0 Å². The highest BCUT2D eigenvalue weighted by atomic mass is 35.5. The molecule has 0 unspecified atom stereocenters. The maximum atomic E-state index is 5.85. The Balaban J connectivity index is 2.54. The third-order valence-corrected chi connectivity index (χ3v) is 3.29. The van der Waals surface area contributed by atoms with Crippen molar-refractivity contribution < 1.29 is 4.74 Å². The van der Waals surface area contributed by atoms with Gasteiger partial charge in [-0.05, 0) is 34.7 Å². The van der Waals surface area contributed by atoms with Crippen molar-refractivity contribution >= 4 is 11.6 Å². The summed E-state index contributed by atoms with van der Waals surface area (Å²) in [5.74, 6) is 0. The predicted octanol–water partition coefficient (Wildman–Crippen LogP) is 4.24. The first-order valence-corrected chi connectivity index (χ1v) is 6.90. The van der Waals surface area contributed by atoms with E-state index in [-0.39, 0.29) is 5.41 Å². The Hall–Kier alpha value is -1.45. The second-order valence-electron chi connectivity index (χ2n) is 5.79. The van der Waals surface area contributed by atoms with E-state index in [0.717, 1.165) is 16.8 Å². The van der Waals surface area contributed by atoms with E-state index < -0.39 is 0 Å². The molecule has 0 bridgehead atoms. The number of hydrogen-bond acceptors (Lipinski definition) is 3. The molecule has 0 aromatic carbocycles. The van der Waals surface area contributed by atoms with Crippen LogP contribution in [0.2, 0.25) is 5.15 Å². The van der Waals surface area contributed by atoms with Gasteiger partial charge in [0, 0.05) is 25.1 Å². The van der Waals surface area contributed by atoms with Crippen LogP contribution in [0, 0.1) is 0 Å². The Morgan fingerprint density at radius 1 is 1.15 bits per heavy atom. The second kappa shape index (κ2) is 5.90. The average Bonchev–Trinajstić information content (AvgIpc) is 2.39. The number of pyridine rings is 2. The molecule has 0 fully saturated rings. The molecule has 0 aliphatic carbocycles. The van der Waals surface area contributed by atoms with Gasteiger partial charge in [0.15, 0.2) is 0 Å². The molecule has 0 spiro atoms. The second-order valence-corrected chi connectivity index (χ2v) is 6.18. The van der Waals surface area contributed by atoms with Crippen LogP contribution in [0.15, 0.2) is 30.6 Å². The van der Waals surface area contributed by atoms with Gasteiger partial charge in [0.25, 0.3) is 0 Å². The quantitative estimate of drug-likeness (QED) is 0.793. The first-order valence-electron chi connectivity index (χ1n) is 6.52. The zero-order chi connectivity index (χ0) is 14.8. The fourth-order valence-corrected chi connectivity index (χ4v) is 2.18. The van der Waals surface area contributed by atoms with E-state index in [0.29, 0.717) is 11.8 Å². The van der Waals surface area contributed by atoms with Crippen molar-refractivity contribution in [1.82, 2.24) is 9.97 Å². The predicted molar refractivity (Wildman–Crippen MR) is 81.9 cm³/mol. The molecular weight excluding hydrogens is 272 g/mol. The molecule has 0 N–H and O–H groups in total. The summed E-state index contributed by atoms with van der Waals surface area (Å²) < 4.78 is 5.19. The molecule has 3 nitrogen and oxygen atoms in total. The molecule has 0 saturated carbocycles. The summed E-state index contributed by atoms with van der Waals surface area (Å²) in [6.07, 6.45) is 3.61. The van der Waals surface area contributed by atoms with Crippen LogP contribution in [0.5, 0.6) is 0 Å². The van der Waals surface area contributed by atoms with Crippen LogP contribution in [0.3, 0.4) is 0 Å². The first-order chi connectivity index (χ1) is 9.41. The van der Waals surface area contributed by atoms with E-state index in [4.69, 9.17) is 16.3 Å². The number of rotatable bonds is 3. The maximum absolute atomic E-state index is 5.85. The van der Waals surface area contributed by atoms with Crippen LogP contribution < -0.4 is 0 Å². The lowest BCUT2D eigenvalue weighted by Gasteiger charge is -2.23. The molecule has 4 heteroatoms. The van der Waals surface area contributed by atoms with Crippen molar-refractivity contribution in [1.29, 1.82) is 0 Å². The van der Waals surface area contributed by atoms with E-state index in [1.165, 1.54) is 5.56 Å². The molecule has 0 aliphatic heterocycles. The van der Waals surface area contributed by atoms with E-state index in [9.17, 15) is 0 Å².